The third-order valence-electron chi connectivity index (χ3n) is 4.87. The molecule has 19 heavy (non-hydrogen) atoms. The Hall–Kier alpha value is -0.0800. The first-order valence-electron chi connectivity index (χ1n) is 8.50. The summed E-state index contributed by atoms with van der Waals surface area (Å²) in [5.74, 6) is 2.71. The van der Waals surface area contributed by atoms with Gasteiger partial charge in [0.2, 0.25) is 0 Å². The van der Waals surface area contributed by atoms with Crippen LogP contribution in [0.3, 0.4) is 0 Å². The lowest BCUT2D eigenvalue weighted by molar-refractivity contribution is 0.127. The molecule has 2 nitrogen and oxygen atoms in total. The van der Waals surface area contributed by atoms with Crippen LogP contribution in [0.2, 0.25) is 0 Å². The van der Waals surface area contributed by atoms with E-state index >= 15 is 0 Å². The topological polar surface area (TPSA) is 21.3 Å². The zero-order chi connectivity index (χ0) is 14.1. The summed E-state index contributed by atoms with van der Waals surface area (Å²) in [4.78, 5) is 0. The Morgan fingerprint density at radius 3 is 2.58 bits per heavy atom. The van der Waals surface area contributed by atoms with E-state index in [0.717, 1.165) is 37.0 Å². The van der Waals surface area contributed by atoms with Crippen molar-refractivity contribution in [1.82, 2.24) is 5.32 Å². The molecule has 0 amide bonds. The summed E-state index contributed by atoms with van der Waals surface area (Å²) in [7, 11) is 0. The zero-order valence-corrected chi connectivity index (χ0v) is 13.6. The van der Waals surface area contributed by atoms with Crippen LogP contribution >= 0.6 is 0 Å². The first-order valence-corrected chi connectivity index (χ1v) is 8.50. The Labute approximate surface area is 120 Å². The van der Waals surface area contributed by atoms with E-state index in [1.807, 2.05) is 0 Å². The van der Waals surface area contributed by atoms with Gasteiger partial charge in [0.05, 0.1) is 0 Å². The third-order valence-corrected chi connectivity index (χ3v) is 4.87. The van der Waals surface area contributed by atoms with Crippen LogP contribution in [0.25, 0.3) is 0 Å². The highest BCUT2D eigenvalue weighted by atomic mass is 16.5. The second-order valence-corrected chi connectivity index (χ2v) is 6.43. The Morgan fingerprint density at radius 2 is 1.95 bits per heavy atom. The Morgan fingerprint density at radius 1 is 1.16 bits per heavy atom. The number of rotatable bonds is 9. The summed E-state index contributed by atoms with van der Waals surface area (Å²) in [5.41, 5.74) is 0. The second kappa shape index (κ2) is 9.77. The standard InChI is InChI=1S/C17H35NO/c1-5-11-18-17(8-7-12-19-6-2)16-10-9-14(3)15(4)13-16/h14-18H,5-13H2,1-4H3. The predicted octanol–water partition coefficient (Wildman–Crippen LogP) is 4.24. The molecule has 4 atom stereocenters. The van der Waals surface area contributed by atoms with Crippen molar-refractivity contribution >= 4 is 0 Å². The van der Waals surface area contributed by atoms with Gasteiger partial charge < -0.3 is 10.1 Å². The number of nitrogens with one attached hydrogen (secondary N) is 1. The lowest BCUT2D eigenvalue weighted by atomic mass is 9.72. The van der Waals surface area contributed by atoms with Crippen molar-refractivity contribution in [3.63, 3.8) is 0 Å². The van der Waals surface area contributed by atoms with Gasteiger partial charge in [-0.1, -0.05) is 27.2 Å². The van der Waals surface area contributed by atoms with Crippen molar-refractivity contribution in [2.24, 2.45) is 17.8 Å². The molecule has 0 aromatic carbocycles. The monoisotopic (exact) mass is 269 g/mol. The van der Waals surface area contributed by atoms with Gasteiger partial charge in [-0.25, -0.2) is 0 Å². The predicted molar refractivity (Wildman–Crippen MR) is 83.5 cm³/mol. The number of hydrogen-bond acceptors (Lipinski definition) is 2. The lowest BCUT2D eigenvalue weighted by Crippen LogP contribution is -2.40. The van der Waals surface area contributed by atoms with Crippen molar-refractivity contribution in [3.8, 4) is 0 Å². The molecule has 114 valence electrons. The Bertz CT molecular complexity index is 219. The highest BCUT2D eigenvalue weighted by Gasteiger charge is 2.29. The fourth-order valence-electron chi connectivity index (χ4n) is 3.34. The van der Waals surface area contributed by atoms with E-state index in [2.05, 4.69) is 33.0 Å². The molecule has 0 bridgehead atoms. The van der Waals surface area contributed by atoms with Crippen molar-refractivity contribution in [2.75, 3.05) is 19.8 Å². The van der Waals surface area contributed by atoms with Crippen molar-refractivity contribution in [3.05, 3.63) is 0 Å². The third kappa shape index (κ3) is 6.27. The van der Waals surface area contributed by atoms with Gasteiger partial charge in [0, 0.05) is 19.3 Å². The molecule has 1 aliphatic carbocycles. The highest BCUT2D eigenvalue weighted by Crippen LogP contribution is 2.35. The first-order chi connectivity index (χ1) is 9.19. The van der Waals surface area contributed by atoms with Crippen LogP contribution < -0.4 is 5.32 Å². The molecule has 0 radical (unpaired) electrons. The molecule has 0 aromatic heterocycles. The van der Waals surface area contributed by atoms with E-state index < -0.39 is 0 Å². The number of hydrogen-bond donors (Lipinski definition) is 1. The van der Waals surface area contributed by atoms with Gasteiger partial charge in [-0.2, -0.15) is 0 Å². The van der Waals surface area contributed by atoms with Gasteiger partial charge in [-0.3, -0.25) is 0 Å². The fourth-order valence-corrected chi connectivity index (χ4v) is 3.34. The van der Waals surface area contributed by atoms with Crippen LogP contribution in [0.15, 0.2) is 0 Å². The summed E-state index contributed by atoms with van der Waals surface area (Å²) in [5, 5.41) is 3.80. The molecule has 1 N–H and O–H groups in total. The maximum atomic E-state index is 5.49. The van der Waals surface area contributed by atoms with Gasteiger partial charge in [-0.05, 0) is 63.3 Å². The van der Waals surface area contributed by atoms with E-state index in [-0.39, 0.29) is 0 Å². The van der Waals surface area contributed by atoms with Crippen molar-refractivity contribution in [1.29, 1.82) is 0 Å². The molecular weight excluding hydrogens is 234 g/mol. The molecule has 0 saturated heterocycles. The minimum Gasteiger partial charge on any atom is -0.382 e. The maximum absolute atomic E-state index is 5.49. The molecular formula is C17H35NO. The quantitative estimate of drug-likeness (QED) is 0.632. The van der Waals surface area contributed by atoms with Crippen molar-refractivity contribution < 1.29 is 4.74 Å². The normalized spacial score (nSPS) is 29.4. The molecule has 4 unspecified atom stereocenters. The minimum atomic E-state index is 0.718. The van der Waals surface area contributed by atoms with E-state index in [1.54, 1.807) is 0 Å². The molecule has 1 rings (SSSR count). The van der Waals surface area contributed by atoms with Crippen LogP contribution in [0.5, 0.6) is 0 Å². The van der Waals surface area contributed by atoms with Gasteiger partial charge in [0.1, 0.15) is 0 Å². The smallest absolute Gasteiger partial charge is 0.0466 e. The second-order valence-electron chi connectivity index (χ2n) is 6.43. The molecule has 0 heterocycles. The molecule has 1 saturated carbocycles. The van der Waals surface area contributed by atoms with E-state index in [9.17, 15) is 0 Å². The van der Waals surface area contributed by atoms with Gasteiger partial charge >= 0.3 is 0 Å². The van der Waals surface area contributed by atoms with Gasteiger partial charge in [0.25, 0.3) is 0 Å². The van der Waals surface area contributed by atoms with Crippen LogP contribution in [0.1, 0.15) is 66.2 Å². The molecule has 2 heteroatoms. The fraction of sp³-hybridized carbons (Fsp3) is 1.00. The van der Waals surface area contributed by atoms with Crippen molar-refractivity contribution in [2.45, 2.75) is 72.3 Å². The lowest BCUT2D eigenvalue weighted by Gasteiger charge is -2.37. The van der Waals surface area contributed by atoms with Gasteiger partial charge in [-0.15, -0.1) is 0 Å². The van der Waals surface area contributed by atoms with Gasteiger partial charge in [0.15, 0.2) is 0 Å². The van der Waals surface area contributed by atoms with Crippen LogP contribution in [0.4, 0.5) is 0 Å². The van der Waals surface area contributed by atoms with Crippen LogP contribution in [-0.4, -0.2) is 25.8 Å². The van der Waals surface area contributed by atoms with E-state index in [1.165, 1.54) is 45.1 Å². The maximum Gasteiger partial charge on any atom is 0.0466 e. The largest absolute Gasteiger partial charge is 0.382 e. The summed E-state index contributed by atoms with van der Waals surface area (Å²) in [6.45, 7) is 12.1. The Kier molecular flexibility index (Phi) is 8.72. The van der Waals surface area contributed by atoms with E-state index in [0.29, 0.717) is 0 Å². The Balaban J connectivity index is 2.38. The SMILES string of the molecule is CCCNC(CCCOCC)C1CCC(C)C(C)C1. The minimum absolute atomic E-state index is 0.718. The zero-order valence-electron chi connectivity index (χ0n) is 13.6. The van der Waals surface area contributed by atoms with Crippen LogP contribution in [0, 0.1) is 17.8 Å². The average Bonchev–Trinajstić information content (AvgIpc) is 2.41. The number of ether oxygens (including phenoxy) is 1. The summed E-state index contributed by atoms with van der Waals surface area (Å²) < 4.78 is 5.49. The molecule has 0 spiro atoms. The summed E-state index contributed by atoms with van der Waals surface area (Å²) >= 11 is 0. The molecule has 1 aliphatic rings. The molecule has 1 fully saturated rings. The van der Waals surface area contributed by atoms with Crippen LogP contribution in [-0.2, 0) is 4.74 Å². The molecule has 0 aromatic rings. The average molecular weight is 269 g/mol. The highest BCUT2D eigenvalue weighted by molar-refractivity contribution is 4.83. The molecule has 0 aliphatic heterocycles. The van der Waals surface area contributed by atoms with E-state index in [4.69, 9.17) is 4.74 Å². The first kappa shape index (κ1) is 17.0. The summed E-state index contributed by atoms with van der Waals surface area (Å²) in [6, 6.07) is 0.718. The summed E-state index contributed by atoms with van der Waals surface area (Å²) in [6.07, 6.45) is 7.97.